The number of aliphatic hydroxyl groups excluding tert-OH is 1. The summed E-state index contributed by atoms with van der Waals surface area (Å²) in [6.07, 6.45) is 0. The number of benzene rings is 1. The number of fused-ring (bicyclic) bond motifs is 1. The van der Waals surface area contributed by atoms with Gasteiger partial charge in [0.25, 0.3) is 0 Å². The fraction of sp³-hybridized carbons (Fsp3) is 0.273. The van der Waals surface area contributed by atoms with Gasteiger partial charge in [0.05, 0.1) is 12.3 Å². The molecule has 0 saturated carbocycles. The summed E-state index contributed by atoms with van der Waals surface area (Å²) >= 11 is 7.66. The van der Waals surface area contributed by atoms with Crippen molar-refractivity contribution in [3.05, 3.63) is 28.6 Å². The normalized spacial score (nSPS) is 10.9. The number of thiophene rings is 1. The van der Waals surface area contributed by atoms with Crippen molar-refractivity contribution in [2.75, 3.05) is 25.1 Å². The van der Waals surface area contributed by atoms with E-state index in [0.29, 0.717) is 6.54 Å². The lowest BCUT2D eigenvalue weighted by Gasteiger charge is -2.16. The molecule has 4 heteroatoms. The van der Waals surface area contributed by atoms with Gasteiger partial charge in [-0.2, -0.15) is 0 Å². The van der Waals surface area contributed by atoms with Crippen molar-refractivity contribution in [2.24, 2.45) is 0 Å². The van der Waals surface area contributed by atoms with Crippen molar-refractivity contribution in [2.45, 2.75) is 0 Å². The van der Waals surface area contributed by atoms with Gasteiger partial charge in [0, 0.05) is 34.1 Å². The van der Waals surface area contributed by atoms with Crippen LogP contribution in [0.25, 0.3) is 10.1 Å². The van der Waals surface area contributed by atoms with Crippen molar-refractivity contribution in [1.82, 2.24) is 0 Å². The van der Waals surface area contributed by atoms with Crippen molar-refractivity contribution in [3.8, 4) is 0 Å². The Hall–Kier alpha value is -0.770. The first kappa shape index (κ1) is 10.7. The first-order valence-corrected chi connectivity index (χ1v) is 5.97. The molecule has 0 aliphatic carbocycles. The summed E-state index contributed by atoms with van der Waals surface area (Å²) in [4.78, 5) is 2.04. The lowest BCUT2D eigenvalue weighted by molar-refractivity contribution is 0.304. The van der Waals surface area contributed by atoms with Crippen LogP contribution in [0.5, 0.6) is 0 Å². The first-order chi connectivity index (χ1) is 7.22. The standard InChI is InChI=1S/C11H12ClNOS/c1-13(4-5-14)10-7-15-11-3-2-8(12)6-9(10)11/h2-3,6-7,14H,4-5H2,1H3. The molecule has 0 aliphatic rings. The predicted molar refractivity (Wildman–Crippen MR) is 67.2 cm³/mol. The fourth-order valence-electron chi connectivity index (χ4n) is 1.55. The van der Waals surface area contributed by atoms with Crippen molar-refractivity contribution in [3.63, 3.8) is 0 Å². The van der Waals surface area contributed by atoms with Crippen LogP contribution in [-0.4, -0.2) is 25.3 Å². The minimum atomic E-state index is 0.161. The topological polar surface area (TPSA) is 23.5 Å². The zero-order chi connectivity index (χ0) is 10.8. The number of anilines is 1. The highest BCUT2D eigenvalue weighted by molar-refractivity contribution is 7.17. The zero-order valence-electron chi connectivity index (χ0n) is 8.40. The van der Waals surface area contributed by atoms with E-state index < -0.39 is 0 Å². The number of nitrogens with zero attached hydrogens (tertiary/aromatic N) is 1. The van der Waals surface area contributed by atoms with E-state index in [1.165, 1.54) is 4.70 Å². The van der Waals surface area contributed by atoms with Gasteiger partial charge in [-0.15, -0.1) is 11.3 Å². The van der Waals surface area contributed by atoms with Gasteiger partial charge < -0.3 is 10.0 Å². The molecular weight excluding hydrogens is 230 g/mol. The number of likely N-dealkylation sites (N-methyl/N-ethyl adjacent to an activating group) is 1. The van der Waals surface area contributed by atoms with E-state index in [4.69, 9.17) is 16.7 Å². The highest BCUT2D eigenvalue weighted by Gasteiger charge is 2.08. The van der Waals surface area contributed by atoms with Gasteiger partial charge in [0.1, 0.15) is 0 Å². The molecule has 0 amide bonds. The number of halogens is 1. The molecule has 2 nitrogen and oxygen atoms in total. The lowest BCUT2D eigenvalue weighted by Crippen LogP contribution is -2.20. The maximum Gasteiger partial charge on any atom is 0.0606 e. The third-order valence-electron chi connectivity index (χ3n) is 2.36. The molecule has 1 N–H and O–H groups in total. The largest absolute Gasteiger partial charge is 0.395 e. The average molecular weight is 242 g/mol. The number of hydrogen-bond acceptors (Lipinski definition) is 3. The molecule has 0 saturated heterocycles. The minimum Gasteiger partial charge on any atom is -0.395 e. The van der Waals surface area contributed by atoms with Crippen molar-refractivity contribution >= 4 is 38.7 Å². The Morgan fingerprint density at radius 1 is 1.47 bits per heavy atom. The molecule has 0 unspecified atom stereocenters. The quantitative estimate of drug-likeness (QED) is 0.893. The van der Waals surface area contributed by atoms with Gasteiger partial charge in [0.2, 0.25) is 0 Å². The van der Waals surface area contributed by atoms with Crippen LogP contribution in [0.1, 0.15) is 0 Å². The molecule has 15 heavy (non-hydrogen) atoms. The molecule has 0 atom stereocenters. The zero-order valence-corrected chi connectivity index (χ0v) is 9.98. The van der Waals surface area contributed by atoms with Crippen LogP contribution in [-0.2, 0) is 0 Å². The molecule has 2 aromatic rings. The maximum atomic E-state index is 8.90. The Morgan fingerprint density at radius 2 is 2.27 bits per heavy atom. The predicted octanol–water partition coefficient (Wildman–Crippen LogP) is 2.98. The van der Waals surface area contributed by atoms with Crippen molar-refractivity contribution in [1.29, 1.82) is 0 Å². The Balaban J connectivity index is 2.47. The highest BCUT2D eigenvalue weighted by atomic mass is 35.5. The molecule has 2 rings (SSSR count). The molecule has 0 fully saturated rings. The Morgan fingerprint density at radius 3 is 3.00 bits per heavy atom. The van der Waals surface area contributed by atoms with Crippen LogP contribution in [0.15, 0.2) is 23.6 Å². The first-order valence-electron chi connectivity index (χ1n) is 4.71. The summed E-state index contributed by atoms with van der Waals surface area (Å²) in [6.45, 7) is 0.798. The van der Waals surface area contributed by atoms with E-state index in [1.807, 2.05) is 30.1 Å². The molecule has 1 aromatic carbocycles. The van der Waals surface area contributed by atoms with Crippen LogP contribution < -0.4 is 4.90 Å². The minimum absolute atomic E-state index is 0.161. The van der Waals surface area contributed by atoms with E-state index in [-0.39, 0.29) is 6.61 Å². The fourth-order valence-corrected chi connectivity index (χ4v) is 2.71. The van der Waals surface area contributed by atoms with Gasteiger partial charge in [0.15, 0.2) is 0 Å². The molecule has 0 aliphatic heterocycles. The average Bonchev–Trinajstić information content (AvgIpc) is 2.60. The molecule has 1 aromatic heterocycles. The van der Waals surface area contributed by atoms with Gasteiger partial charge in [-0.25, -0.2) is 0 Å². The summed E-state index contributed by atoms with van der Waals surface area (Å²) < 4.78 is 1.22. The Labute approximate surface area is 97.7 Å². The molecule has 0 spiro atoms. The van der Waals surface area contributed by atoms with Crippen LogP contribution in [0, 0.1) is 0 Å². The Bertz CT molecular complexity index is 469. The highest BCUT2D eigenvalue weighted by Crippen LogP contribution is 2.34. The van der Waals surface area contributed by atoms with Crippen LogP contribution in [0.3, 0.4) is 0 Å². The van der Waals surface area contributed by atoms with Gasteiger partial charge in [-0.3, -0.25) is 0 Å². The van der Waals surface area contributed by atoms with Gasteiger partial charge in [-0.1, -0.05) is 11.6 Å². The molecular formula is C11H12ClNOS. The van der Waals surface area contributed by atoms with Crippen LogP contribution in [0.2, 0.25) is 5.02 Å². The van der Waals surface area contributed by atoms with E-state index in [1.54, 1.807) is 11.3 Å². The smallest absolute Gasteiger partial charge is 0.0606 e. The monoisotopic (exact) mass is 241 g/mol. The van der Waals surface area contributed by atoms with E-state index in [0.717, 1.165) is 16.1 Å². The second-order valence-electron chi connectivity index (χ2n) is 3.41. The Kier molecular flexibility index (Phi) is 3.14. The summed E-state index contributed by atoms with van der Waals surface area (Å²) in [5.41, 5.74) is 1.13. The third-order valence-corrected chi connectivity index (χ3v) is 3.55. The van der Waals surface area contributed by atoms with Crippen molar-refractivity contribution < 1.29 is 5.11 Å². The number of rotatable bonds is 3. The molecule has 80 valence electrons. The summed E-state index contributed by atoms with van der Waals surface area (Å²) in [7, 11) is 1.97. The molecule has 0 bridgehead atoms. The number of aliphatic hydroxyl groups is 1. The number of hydrogen-bond donors (Lipinski definition) is 1. The summed E-state index contributed by atoms with van der Waals surface area (Å²) in [5.74, 6) is 0. The lowest BCUT2D eigenvalue weighted by atomic mass is 10.2. The van der Waals surface area contributed by atoms with E-state index in [2.05, 4.69) is 5.38 Å². The van der Waals surface area contributed by atoms with Crippen LogP contribution >= 0.6 is 22.9 Å². The van der Waals surface area contributed by atoms with E-state index >= 15 is 0 Å². The van der Waals surface area contributed by atoms with E-state index in [9.17, 15) is 0 Å². The second kappa shape index (κ2) is 4.39. The molecule has 1 heterocycles. The third kappa shape index (κ3) is 2.09. The molecule has 0 radical (unpaired) electrons. The summed E-state index contributed by atoms with van der Waals surface area (Å²) in [6, 6.07) is 5.89. The SMILES string of the molecule is CN(CCO)c1csc2ccc(Cl)cc12. The maximum absolute atomic E-state index is 8.90. The summed E-state index contributed by atoms with van der Waals surface area (Å²) in [5, 5.41) is 12.9. The van der Waals surface area contributed by atoms with Gasteiger partial charge in [-0.05, 0) is 18.2 Å². The second-order valence-corrected chi connectivity index (χ2v) is 4.75. The van der Waals surface area contributed by atoms with Crippen LogP contribution in [0.4, 0.5) is 5.69 Å². The van der Waals surface area contributed by atoms with Gasteiger partial charge >= 0.3 is 0 Å².